The van der Waals surface area contributed by atoms with Crippen LogP contribution in [0.5, 0.6) is 11.5 Å². The Balaban J connectivity index is 2.00. The highest BCUT2D eigenvalue weighted by atomic mass is 16.6. The fraction of sp³-hybridized carbons (Fsp3) is 0.368. The van der Waals surface area contributed by atoms with Gasteiger partial charge in [0.05, 0.1) is 19.1 Å². The van der Waals surface area contributed by atoms with Crippen LogP contribution in [-0.2, 0) is 13.0 Å². The van der Waals surface area contributed by atoms with Gasteiger partial charge in [-0.05, 0) is 42.7 Å². The Bertz CT molecular complexity index is 851. The monoisotopic (exact) mass is 357 g/mol. The minimum absolute atomic E-state index is 0.132. The van der Waals surface area contributed by atoms with Gasteiger partial charge in [-0.3, -0.25) is 10.1 Å². The first-order valence-electron chi connectivity index (χ1n) is 8.43. The minimum Gasteiger partial charge on any atom is -0.493 e. The number of hydrogen-bond acceptors (Lipinski definition) is 6. The molecule has 0 fully saturated rings. The lowest BCUT2D eigenvalue weighted by Gasteiger charge is -2.23. The van der Waals surface area contributed by atoms with E-state index in [1.165, 1.54) is 0 Å². The summed E-state index contributed by atoms with van der Waals surface area (Å²) in [5, 5.41) is 14.8. The largest absolute Gasteiger partial charge is 0.493 e. The number of ether oxygens (including phenoxy) is 2. The van der Waals surface area contributed by atoms with Gasteiger partial charge >= 0.3 is 0 Å². The van der Waals surface area contributed by atoms with Crippen LogP contribution in [0.2, 0.25) is 0 Å². The molecule has 7 nitrogen and oxygen atoms in total. The van der Waals surface area contributed by atoms with Crippen molar-refractivity contribution in [3.8, 4) is 11.5 Å². The zero-order valence-electron chi connectivity index (χ0n) is 15.5. The number of nitrogens with zero attached hydrogens (tertiary/aromatic N) is 2. The summed E-state index contributed by atoms with van der Waals surface area (Å²) in [4.78, 5) is 13.2. The first-order chi connectivity index (χ1) is 12.5. The smallest absolute Gasteiger partial charge is 0.292 e. The number of nitro groups is 1. The Morgan fingerprint density at radius 1 is 1.23 bits per heavy atom. The Morgan fingerprint density at radius 2 is 1.92 bits per heavy atom. The van der Waals surface area contributed by atoms with Crippen molar-refractivity contribution in [3.05, 3.63) is 51.1 Å². The molecule has 0 aromatic heterocycles. The fourth-order valence-corrected chi connectivity index (χ4v) is 3.47. The fourth-order valence-electron chi connectivity index (χ4n) is 3.47. The van der Waals surface area contributed by atoms with E-state index in [1.54, 1.807) is 26.4 Å². The standard InChI is InChI=1S/C19H23N3O4/c1-12-9-17(25-3)18(26-4)10-13(12)11-21(2)19-14-7-8-20-15(14)5-6-16(19)22(23)24/h5-6,9-10,20H,7-8,11H2,1-4H3. The summed E-state index contributed by atoms with van der Waals surface area (Å²) in [6.07, 6.45) is 0.779. The molecule has 2 aromatic carbocycles. The van der Waals surface area contributed by atoms with Crippen molar-refractivity contribution in [2.75, 3.05) is 38.0 Å². The van der Waals surface area contributed by atoms with Crippen LogP contribution >= 0.6 is 0 Å². The Hall–Kier alpha value is -2.96. The van der Waals surface area contributed by atoms with E-state index in [9.17, 15) is 10.1 Å². The van der Waals surface area contributed by atoms with Gasteiger partial charge in [0, 0.05) is 37.5 Å². The Morgan fingerprint density at radius 3 is 2.58 bits per heavy atom. The molecule has 0 atom stereocenters. The lowest BCUT2D eigenvalue weighted by atomic mass is 10.0. The molecule has 1 N–H and O–H groups in total. The van der Waals surface area contributed by atoms with Crippen LogP contribution in [0, 0.1) is 17.0 Å². The summed E-state index contributed by atoms with van der Waals surface area (Å²) in [5.74, 6) is 1.32. The van der Waals surface area contributed by atoms with E-state index in [4.69, 9.17) is 9.47 Å². The van der Waals surface area contributed by atoms with Crippen LogP contribution in [-0.4, -0.2) is 32.7 Å². The zero-order chi connectivity index (χ0) is 18.8. The average molecular weight is 357 g/mol. The van der Waals surface area contributed by atoms with Crippen LogP contribution in [0.15, 0.2) is 24.3 Å². The maximum atomic E-state index is 11.6. The topological polar surface area (TPSA) is 76.9 Å². The van der Waals surface area contributed by atoms with Crippen LogP contribution in [0.3, 0.4) is 0 Å². The third-order valence-electron chi connectivity index (χ3n) is 4.78. The number of hydrogen-bond donors (Lipinski definition) is 1. The molecule has 3 rings (SSSR count). The lowest BCUT2D eigenvalue weighted by Crippen LogP contribution is -2.20. The van der Waals surface area contributed by atoms with E-state index in [2.05, 4.69) is 5.32 Å². The molecule has 2 aromatic rings. The van der Waals surface area contributed by atoms with Gasteiger partial charge in [-0.15, -0.1) is 0 Å². The SMILES string of the molecule is COc1cc(C)c(CN(C)c2c([N+](=O)[O-])ccc3c2CCN3)cc1OC. The van der Waals surface area contributed by atoms with E-state index < -0.39 is 0 Å². The van der Waals surface area contributed by atoms with Gasteiger partial charge in [0.25, 0.3) is 5.69 Å². The number of aryl methyl sites for hydroxylation is 1. The van der Waals surface area contributed by atoms with Gasteiger partial charge in [-0.25, -0.2) is 0 Å². The number of anilines is 2. The highest BCUT2D eigenvalue weighted by molar-refractivity contribution is 5.78. The molecular weight excluding hydrogens is 334 g/mol. The zero-order valence-corrected chi connectivity index (χ0v) is 15.5. The second-order valence-electron chi connectivity index (χ2n) is 6.38. The predicted molar refractivity (Wildman–Crippen MR) is 102 cm³/mol. The van der Waals surface area contributed by atoms with Gasteiger partial charge < -0.3 is 19.7 Å². The second kappa shape index (κ2) is 7.11. The molecule has 1 heterocycles. The third kappa shape index (κ3) is 3.12. The molecule has 1 aliphatic heterocycles. The Kier molecular flexibility index (Phi) is 4.88. The van der Waals surface area contributed by atoms with Crippen molar-refractivity contribution < 1.29 is 14.4 Å². The molecule has 0 saturated heterocycles. The van der Waals surface area contributed by atoms with E-state index >= 15 is 0 Å². The van der Waals surface area contributed by atoms with Crippen LogP contribution < -0.4 is 19.7 Å². The van der Waals surface area contributed by atoms with Crippen molar-refractivity contribution in [2.45, 2.75) is 19.9 Å². The molecular formula is C19H23N3O4. The maximum absolute atomic E-state index is 11.6. The van der Waals surface area contributed by atoms with Crippen molar-refractivity contribution >= 4 is 17.1 Å². The summed E-state index contributed by atoms with van der Waals surface area (Å²) < 4.78 is 10.7. The number of benzene rings is 2. The van der Waals surface area contributed by atoms with Crippen molar-refractivity contribution in [3.63, 3.8) is 0 Å². The van der Waals surface area contributed by atoms with E-state index in [0.29, 0.717) is 23.7 Å². The van der Waals surface area contributed by atoms with Gasteiger partial charge in [-0.2, -0.15) is 0 Å². The summed E-state index contributed by atoms with van der Waals surface area (Å²) in [6.45, 7) is 3.33. The summed E-state index contributed by atoms with van der Waals surface area (Å²) in [7, 11) is 5.09. The molecule has 7 heteroatoms. The number of fused-ring (bicyclic) bond motifs is 1. The van der Waals surface area contributed by atoms with Gasteiger partial charge in [-0.1, -0.05) is 0 Å². The molecule has 26 heavy (non-hydrogen) atoms. The maximum Gasteiger partial charge on any atom is 0.292 e. The first kappa shape index (κ1) is 17.8. The van der Waals surface area contributed by atoms with Crippen LogP contribution in [0.4, 0.5) is 17.1 Å². The lowest BCUT2D eigenvalue weighted by molar-refractivity contribution is -0.384. The summed E-state index contributed by atoms with van der Waals surface area (Å²) in [5.41, 5.74) is 4.85. The molecule has 0 aliphatic carbocycles. The van der Waals surface area contributed by atoms with E-state index in [1.807, 2.05) is 31.0 Å². The van der Waals surface area contributed by atoms with Crippen LogP contribution in [0.1, 0.15) is 16.7 Å². The van der Waals surface area contributed by atoms with Gasteiger partial charge in [0.15, 0.2) is 11.5 Å². The molecule has 0 unspecified atom stereocenters. The highest BCUT2D eigenvalue weighted by Crippen LogP contribution is 2.40. The molecule has 0 spiro atoms. The molecule has 138 valence electrons. The average Bonchev–Trinajstić information content (AvgIpc) is 3.10. The highest BCUT2D eigenvalue weighted by Gasteiger charge is 2.26. The molecule has 0 saturated carbocycles. The van der Waals surface area contributed by atoms with E-state index in [-0.39, 0.29) is 10.6 Å². The van der Waals surface area contributed by atoms with Crippen molar-refractivity contribution in [1.82, 2.24) is 0 Å². The number of methoxy groups -OCH3 is 2. The molecule has 1 aliphatic rings. The second-order valence-corrected chi connectivity index (χ2v) is 6.38. The normalized spacial score (nSPS) is 12.3. The quantitative estimate of drug-likeness (QED) is 0.630. The predicted octanol–water partition coefficient (Wildman–Crippen LogP) is 3.52. The van der Waals surface area contributed by atoms with E-state index in [0.717, 1.165) is 35.3 Å². The number of rotatable bonds is 6. The van der Waals surface area contributed by atoms with Crippen molar-refractivity contribution in [2.24, 2.45) is 0 Å². The number of nitro benzene ring substituents is 1. The minimum atomic E-state index is -0.314. The van der Waals surface area contributed by atoms with Crippen molar-refractivity contribution in [1.29, 1.82) is 0 Å². The Labute approximate surface area is 152 Å². The molecule has 0 bridgehead atoms. The molecule has 0 amide bonds. The first-order valence-corrected chi connectivity index (χ1v) is 8.43. The van der Waals surface area contributed by atoms with Gasteiger partial charge in [0.2, 0.25) is 0 Å². The summed E-state index contributed by atoms with van der Waals surface area (Å²) >= 11 is 0. The molecule has 0 radical (unpaired) electrons. The van der Waals surface area contributed by atoms with Crippen LogP contribution in [0.25, 0.3) is 0 Å². The number of nitrogens with one attached hydrogen (secondary N) is 1. The van der Waals surface area contributed by atoms with Gasteiger partial charge in [0.1, 0.15) is 5.69 Å². The summed E-state index contributed by atoms with van der Waals surface area (Å²) in [6, 6.07) is 7.22. The third-order valence-corrected chi connectivity index (χ3v) is 4.78.